The SMILES string of the molecule is [CH]1/C=C\CCCC/C=C/C1. The fraction of sp³-hybridized carbons (Fsp3) is 0.500. The Kier molecular flexibility index (Phi) is 4.00. The van der Waals surface area contributed by atoms with Gasteiger partial charge in [0.15, 0.2) is 0 Å². The van der Waals surface area contributed by atoms with Gasteiger partial charge in [0.25, 0.3) is 0 Å². The topological polar surface area (TPSA) is 0 Å². The Morgan fingerprint density at radius 3 is 2.50 bits per heavy atom. The molecule has 0 nitrogen and oxygen atoms in total. The van der Waals surface area contributed by atoms with Gasteiger partial charge in [-0.3, -0.25) is 0 Å². The molecule has 1 rings (SSSR count). The molecule has 55 valence electrons. The highest BCUT2D eigenvalue weighted by Gasteiger charge is 1.86. The van der Waals surface area contributed by atoms with Crippen LogP contribution in [0, 0.1) is 6.42 Å². The molecule has 0 heterocycles. The molecule has 0 unspecified atom stereocenters. The summed E-state index contributed by atoms with van der Waals surface area (Å²) in [5.41, 5.74) is 0. The summed E-state index contributed by atoms with van der Waals surface area (Å²) in [7, 11) is 0. The normalized spacial score (nSPS) is 27.2. The average molecular weight is 135 g/mol. The van der Waals surface area contributed by atoms with Gasteiger partial charge in [-0.15, -0.1) is 0 Å². The standard InChI is InChI=1S/C10H15/c1-2-4-6-8-10-9-7-5-3-1/h1-3,6,8H,4-5,7,9-10H2/b3-1-,8-6+. The first-order valence-electron chi connectivity index (χ1n) is 4.13. The van der Waals surface area contributed by atoms with E-state index in [0.717, 1.165) is 6.42 Å². The van der Waals surface area contributed by atoms with Crippen molar-refractivity contribution < 1.29 is 0 Å². The van der Waals surface area contributed by atoms with Crippen LogP contribution in [-0.4, -0.2) is 0 Å². The maximum Gasteiger partial charge on any atom is -0.0133 e. The Morgan fingerprint density at radius 2 is 1.60 bits per heavy atom. The third-order valence-corrected chi connectivity index (χ3v) is 1.70. The quantitative estimate of drug-likeness (QED) is 0.447. The predicted molar refractivity (Wildman–Crippen MR) is 45.7 cm³/mol. The van der Waals surface area contributed by atoms with Crippen molar-refractivity contribution in [3.63, 3.8) is 0 Å². The summed E-state index contributed by atoms with van der Waals surface area (Å²) in [5, 5.41) is 0. The average Bonchev–Trinajstić information content (AvgIpc) is 2.01. The van der Waals surface area contributed by atoms with Gasteiger partial charge < -0.3 is 0 Å². The van der Waals surface area contributed by atoms with Gasteiger partial charge in [-0.2, -0.15) is 0 Å². The maximum atomic E-state index is 2.29. The fourth-order valence-electron chi connectivity index (χ4n) is 1.09. The van der Waals surface area contributed by atoms with E-state index in [2.05, 4.69) is 30.7 Å². The molecular weight excluding hydrogens is 120 g/mol. The Balaban J connectivity index is 2.23. The molecule has 1 aliphatic carbocycles. The van der Waals surface area contributed by atoms with Crippen molar-refractivity contribution in [3.05, 3.63) is 30.7 Å². The van der Waals surface area contributed by atoms with Gasteiger partial charge in [-0.05, 0) is 38.5 Å². The van der Waals surface area contributed by atoms with E-state index >= 15 is 0 Å². The van der Waals surface area contributed by atoms with E-state index < -0.39 is 0 Å². The lowest BCUT2D eigenvalue weighted by atomic mass is 10.1. The van der Waals surface area contributed by atoms with Crippen molar-refractivity contribution in [3.8, 4) is 0 Å². The minimum absolute atomic E-state index is 1.11. The Labute approximate surface area is 63.6 Å². The van der Waals surface area contributed by atoms with Crippen LogP contribution in [0.25, 0.3) is 0 Å². The summed E-state index contributed by atoms with van der Waals surface area (Å²) in [6.07, 6.45) is 17.5. The summed E-state index contributed by atoms with van der Waals surface area (Å²) in [4.78, 5) is 0. The number of allylic oxidation sites excluding steroid dienone is 4. The van der Waals surface area contributed by atoms with Crippen LogP contribution >= 0.6 is 0 Å². The van der Waals surface area contributed by atoms with Crippen molar-refractivity contribution in [2.75, 3.05) is 0 Å². The second kappa shape index (κ2) is 5.28. The van der Waals surface area contributed by atoms with E-state index in [-0.39, 0.29) is 0 Å². The zero-order valence-corrected chi connectivity index (χ0v) is 6.42. The van der Waals surface area contributed by atoms with Gasteiger partial charge in [0.1, 0.15) is 0 Å². The smallest absolute Gasteiger partial charge is 0.0133 e. The molecule has 0 spiro atoms. The third kappa shape index (κ3) is 3.49. The van der Waals surface area contributed by atoms with Crippen LogP contribution in [0.5, 0.6) is 0 Å². The van der Waals surface area contributed by atoms with E-state index in [1.54, 1.807) is 0 Å². The number of hydrogen-bond acceptors (Lipinski definition) is 0. The molecule has 0 atom stereocenters. The fourth-order valence-corrected chi connectivity index (χ4v) is 1.09. The van der Waals surface area contributed by atoms with Crippen LogP contribution in [0.4, 0.5) is 0 Å². The third-order valence-electron chi connectivity index (χ3n) is 1.70. The van der Waals surface area contributed by atoms with Crippen LogP contribution in [-0.2, 0) is 0 Å². The van der Waals surface area contributed by atoms with E-state index in [1.807, 2.05) is 0 Å². The monoisotopic (exact) mass is 135 g/mol. The van der Waals surface area contributed by atoms with Gasteiger partial charge >= 0.3 is 0 Å². The van der Waals surface area contributed by atoms with Gasteiger partial charge in [0, 0.05) is 0 Å². The van der Waals surface area contributed by atoms with E-state index in [1.165, 1.54) is 25.7 Å². The Hall–Kier alpha value is -0.520. The molecule has 0 bridgehead atoms. The predicted octanol–water partition coefficient (Wildman–Crippen LogP) is 3.27. The molecule has 0 saturated carbocycles. The summed E-state index contributed by atoms with van der Waals surface area (Å²) in [5.74, 6) is 0. The van der Waals surface area contributed by atoms with Crippen molar-refractivity contribution >= 4 is 0 Å². The first-order chi connectivity index (χ1) is 5.00. The lowest BCUT2D eigenvalue weighted by Gasteiger charge is -1.95. The minimum atomic E-state index is 1.11. The lowest BCUT2D eigenvalue weighted by molar-refractivity contribution is 0.759. The van der Waals surface area contributed by atoms with E-state index in [0.29, 0.717) is 0 Å². The maximum absolute atomic E-state index is 2.29. The molecule has 0 heteroatoms. The van der Waals surface area contributed by atoms with Crippen LogP contribution in [0.2, 0.25) is 0 Å². The second-order valence-electron chi connectivity index (χ2n) is 2.66. The molecule has 0 aromatic rings. The van der Waals surface area contributed by atoms with Gasteiger partial charge in [-0.1, -0.05) is 24.3 Å². The first-order valence-corrected chi connectivity index (χ1v) is 4.13. The molecule has 0 aromatic heterocycles. The van der Waals surface area contributed by atoms with Crippen LogP contribution in [0.3, 0.4) is 0 Å². The molecule has 0 N–H and O–H groups in total. The van der Waals surface area contributed by atoms with Crippen LogP contribution in [0.15, 0.2) is 24.3 Å². The minimum Gasteiger partial charge on any atom is -0.0885 e. The van der Waals surface area contributed by atoms with E-state index in [4.69, 9.17) is 0 Å². The summed E-state index contributed by atoms with van der Waals surface area (Å²) >= 11 is 0. The Morgan fingerprint density at radius 1 is 0.800 bits per heavy atom. The molecule has 0 aromatic carbocycles. The van der Waals surface area contributed by atoms with Crippen LogP contribution < -0.4 is 0 Å². The largest absolute Gasteiger partial charge is 0.0885 e. The highest BCUT2D eigenvalue weighted by molar-refractivity contribution is 5.00. The number of hydrogen-bond donors (Lipinski definition) is 0. The lowest BCUT2D eigenvalue weighted by Crippen LogP contribution is -1.76. The first kappa shape index (κ1) is 7.59. The summed E-state index contributed by atoms with van der Waals surface area (Å²) in [6.45, 7) is 0. The molecule has 0 aliphatic heterocycles. The molecule has 10 heavy (non-hydrogen) atoms. The van der Waals surface area contributed by atoms with E-state index in [9.17, 15) is 0 Å². The summed E-state index contributed by atoms with van der Waals surface area (Å²) < 4.78 is 0. The zero-order valence-electron chi connectivity index (χ0n) is 6.42. The van der Waals surface area contributed by atoms with Crippen LogP contribution in [0.1, 0.15) is 32.1 Å². The number of rotatable bonds is 0. The molecule has 1 radical (unpaired) electrons. The van der Waals surface area contributed by atoms with Gasteiger partial charge in [0.2, 0.25) is 0 Å². The highest BCUT2D eigenvalue weighted by Crippen LogP contribution is 2.05. The van der Waals surface area contributed by atoms with Gasteiger partial charge in [-0.25, -0.2) is 0 Å². The van der Waals surface area contributed by atoms with Crippen molar-refractivity contribution in [2.24, 2.45) is 0 Å². The second-order valence-corrected chi connectivity index (χ2v) is 2.66. The molecule has 0 fully saturated rings. The zero-order chi connectivity index (χ0) is 7.07. The molecule has 0 amide bonds. The summed E-state index contributed by atoms with van der Waals surface area (Å²) in [6, 6.07) is 0. The Bertz CT molecular complexity index is 104. The molecule has 1 aliphatic rings. The van der Waals surface area contributed by atoms with Gasteiger partial charge in [0.05, 0.1) is 0 Å². The molecule has 0 saturated heterocycles. The molecular formula is C10H15. The van der Waals surface area contributed by atoms with Crippen molar-refractivity contribution in [1.82, 2.24) is 0 Å². The van der Waals surface area contributed by atoms with Crippen molar-refractivity contribution in [1.29, 1.82) is 0 Å². The highest BCUT2D eigenvalue weighted by atomic mass is 13.9. The van der Waals surface area contributed by atoms with Crippen molar-refractivity contribution in [2.45, 2.75) is 32.1 Å².